The summed E-state index contributed by atoms with van der Waals surface area (Å²) in [5.74, 6) is 0. The van der Waals surface area contributed by atoms with Gasteiger partial charge in [0.1, 0.15) is 5.69 Å². The maximum atomic E-state index is 12.0. The topological polar surface area (TPSA) is 95.4 Å². The Balaban J connectivity index is 1.67. The molecule has 27 heavy (non-hydrogen) atoms. The van der Waals surface area contributed by atoms with Crippen LogP contribution in [-0.4, -0.2) is 52.0 Å². The normalized spacial score (nSPS) is 21.9. The van der Waals surface area contributed by atoms with Crippen LogP contribution in [0.3, 0.4) is 0 Å². The van der Waals surface area contributed by atoms with Crippen LogP contribution in [0.5, 0.6) is 0 Å². The third-order valence-electron chi connectivity index (χ3n) is 5.83. The van der Waals surface area contributed by atoms with Crippen molar-refractivity contribution in [2.45, 2.75) is 44.6 Å². The average molecular weight is 371 g/mol. The van der Waals surface area contributed by atoms with E-state index in [-0.39, 0.29) is 16.6 Å². The van der Waals surface area contributed by atoms with E-state index in [0.717, 1.165) is 39.0 Å². The molecule has 0 saturated carbocycles. The number of hydrogen-bond donors (Lipinski definition) is 1. The van der Waals surface area contributed by atoms with Gasteiger partial charge in [0.2, 0.25) is 0 Å². The number of aromatic nitrogens is 2. The third-order valence-corrected chi connectivity index (χ3v) is 5.83. The van der Waals surface area contributed by atoms with Crippen molar-refractivity contribution in [3.63, 3.8) is 0 Å². The van der Waals surface area contributed by atoms with Gasteiger partial charge in [-0.15, -0.1) is 0 Å². The largest absolute Gasteiger partial charge is 0.364 e. The van der Waals surface area contributed by atoms with E-state index in [0.29, 0.717) is 17.2 Å². The van der Waals surface area contributed by atoms with Crippen molar-refractivity contribution in [1.29, 1.82) is 0 Å². The molecule has 2 fully saturated rings. The Kier molecular flexibility index (Phi) is 5.07. The molecular formula is C19H25N5O3. The molecule has 0 amide bonds. The minimum Gasteiger partial charge on any atom is -0.364 e. The summed E-state index contributed by atoms with van der Waals surface area (Å²) in [7, 11) is 0. The lowest BCUT2D eigenvalue weighted by atomic mass is 10.0. The number of rotatable bonds is 3. The zero-order valence-electron chi connectivity index (χ0n) is 15.4. The first-order chi connectivity index (χ1) is 13.1. The smallest absolute Gasteiger partial charge is 0.293 e. The van der Waals surface area contributed by atoms with Gasteiger partial charge in [0.05, 0.1) is 22.2 Å². The zero-order valence-corrected chi connectivity index (χ0v) is 15.4. The molecule has 8 nitrogen and oxygen atoms in total. The monoisotopic (exact) mass is 371 g/mol. The molecule has 1 atom stereocenters. The number of aromatic amines is 1. The Morgan fingerprint density at radius 2 is 1.89 bits per heavy atom. The quantitative estimate of drug-likeness (QED) is 0.658. The molecule has 0 bridgehead atoms. The number of H-pyrrole nitrogens is 1. The average Bonchev–Trinajstić information content (AvgIpc) is 2.97. The standard InChI is InChI=1S/C19H25N5O3/c25-19-15-10-18(24(26)27)17(11-16(15)20-13-21-19)23-9-5-6-14(12-23)22-7-3-1-2-4-8-22/h10-11,13-14H,1-9,12H2,(H,20,21,25). The van der Waals surface area contributed by atoms with Crippen molar-refractivity contribution in [2.75, 3.05) is 31.1 Å². The van der Waals surface area contributed by atoms with Crippen LogP contribution >= 0.6 is 0 Å². The van der Waals surface area contributed by atoms with Crippen LogP contribution < -0.4 is 10.5 Å². The molecule has 0 aliphatic carbocycles. The molecule has 2 saturated heterocycles. The molecule has 4 rings (SSSR count). The van der Waals surface area contributed by atoms with E-state index in [4.69, 9.17) is 0 Å². The second kappa shape index (κ2) is 7.64. The lowest BCUT2D eigenvalue weighted by Gasteiger charge is -2.39. The molecule has 1 unspecified atom stereocenters. The van der Waals surface area contributed by atoms with E-state index in [1.54, 1.807) is 6.07 Å². The van der Waals surface area contributed by atoms with Gasteiger partial charge in [-0.25, -0.2) is 4.98 Å². The maximum Gasteiger partial charge on any atom is 0.293 e. The summed E-state index contributed by atoms with van der Waals surface area (Å²) in [5, 5.41) is 11.9. The Bertz CT molecular complexity index is 889. The van der Waals surface area contributed by atoms with Gasteiger partial charge in [0.25, 0.3) is 11.2 Å². The minimum atomic E-state index is -0.392. The fraction of sp³-hybridized carbons (Fsp3) is 0.579. The Labute approximate surface area is 157 Å². The lowest BCUT2D eigenvalue weighted by Crippen LogP contribution is -2.48. The predicted octanol–water partition coefficient (Wildman–Crippen LogP) is 2.68. The summed E-state index contributed by atoms with van der Waals surface area (Å²) in [4.78, 5) is 34.7. The van der Waals surface area contributed by atoms with Crippen LogP contribution in [0.25, 0.3) is 10.9 Å². The first-order valence-corrected chi connectivity index (χ1v) is 9.78. The highest BCUT2D eigenvalue weighted by Crippen LogP contribution is 2.34. The number of piperidine rings is 1. The number of benzene rings is 1. The van der Waals surface area contributed by atoms with Crippen molar-refractivity contribution >= 4 is 22.3 Å². The number of nitro groups is 1. The second-order valence-corrected chi connectivity index (χ2v) is 7.54. The molecule has 3 heterocycles. The Morgan fingerprint density at radius 3 is 2.63 bits per heavy atom. The summed E-state index contributed by atoms with van der Waals surface area (Å²) in [6.07, 6.45) is 8.55. The summed E-state index contributed by atoms with van der Waals surface area (Å²) < 4.78 is 0. The van der Waals surface area contributed by atoms with E-state index in [2.05, 4.69) is 19.8 Å². The summed E-state index contributed by atoms with van der Waals surface area (Å²) >= 11 is 0. The van der Waals surface area contributed by atoms with E-state index in [9.17, 15) is 14.9 Å². The van der Waals surface area contributed by atoms with Crippen LogP contribution in [0, 0.1) is 10.1 Å². The molecular weight excluding hydrogens is 346 g/mol. The van der Waals surface area contributed by atoms with Gasteiger partial charge < -0.3 is 9.88 Å². The SMILES string of the molecule is O=c1[nH]cnc2cc(N3CCCC(N4CCCCCC4)C3)c([N+](=O)[O-])cc12. The number of anilines is 1. The molecule has 8 heteroatoms. The molecule has 2 aromatic rings. The maximum absolute atomic E-state index is 12.0. The summed E-state index contributed by atoms with van der Waals surface area (Å²) in [6, 6.07) is 3.50. The van der Waals surface area contributed by atoms with Crippen LogP contribution in [0.4, 0.5) is 11.4 Å². The van der Waals surface area contributed by atoms with Gasteiger partial charge in [-0.05, 0) is 44.8 Å². The van der Waals surface area contributed by atoms with Gasteiger partial charge >= 0.3 is 0 Å². The Hall–Kier alpha value is -2.48. The summed E-state index contributed by atoms with van der Waals surface area (Å²) in [5.41, 5.74) is 0.703. The van der Waals surface area contributed by atoms with E-state index < -0.39 is 4.92 Å². The van der Waals surface area contributed by atoms with E-state index in [1.165, 1.54) is 38.1 Å². The lowest BCUT2D eigenvalue weighted by molar-refractivity contribution is -0.384. The first-order valence-electron chi connectivity index (χ1n) is 9.78. The second-order valence-electron chi connectivity index (χ2n) is 7.54. The first kappa shape index (κ1) is 17.9. The number of nitro benzene ring substituents is 1. The highest BCUT2D eigenvalue weighted by Gasteiger charge is 2.29. The van der Waals surface area contributed by atoms with Gasteiger partial charge in [0.15, 0.2) is 0 Å². The van der Waals surface area contributed by atoms with Crippen molar-refractivity contribution < 1.29 is 4.92 Å². The van der Waals surface area contributed by atoms with Crippen molar-refractivity contribution in [3.05, 3.63) is 38.9 Å². The number of nitrogens with one attached hydrogen (secondary N) is 1. The van der Waals surface area contributed by atoms with Crippen molar-refractivity contribution in [2.24, 2.45) is 0 Å². The van der Waals surface area contributed by atoms with Crippen LogP contribution in [0.2, 0.25) is 0 Å². The van der Waals surface area contributed by atoms with Crippen molar-refractivity contribution in [1.82, 2.24) is 14.9 Å². The van der Waals surface area contributed by atoms with E-state index in [1.807, 2.05) is 0 Å². The molecule has 144 valence electrons. The molecule has 0 spiro atoms. The molecule has 1 aromatic heterocycles. The van der Waals surface area contributed by atoms with E-state index >= 15 is 0 Å². The van der Waals surface area contributed by atoms with Gasteiger partial charge in [-0.3, -0.25) is 19.8 Å². The fourth-order valence-corrected chi connectivity index (χ4v) is 4.42. The molecule has 2 aliphatic rings. The number of nitrogens with zero attached hydrogens (tertiary/aromatic N) is 4. The third kappa shape index (κ3) is 3.66. The Morgan fingerprint density at radius 1 is 1.11 bits per heavy atom. The van der Waals surface area contributed by atoms with Crippen molar-refractivity contribution in [3.8, 4) is 0 Å². The fourth-order valence-electron chi connectivity index (χ4n) is 4.42. The number of likely N-dealkylation sites (tertiary alicyclic amines) is 1. The molecule has 2 aliphatic heterocycles. The van der Waals surface area contributed by atoms with Crippen LogP contribution in [0.15, 0.2) is 23.3 Å². The molecule has 1 aromatic carbocycles. The minimum absolute atomic E-state index is 0.0162. The highest BCUT2D eigenvalue weighted by atomic mass is 16.6. The zero-order chi connectivity index (χ0) is 18.8. The molecule has 0 radical (unpaired) electrons. The van der Waals surface area contributed by atoms with Crippen LogP contribution in [-0.2, 0) is 0 Å². The van der Waals surface area contributed by atoms with Gasteiger partial charge in [0, 0.05) is 25.2 Å². The van der Waals surface area contributed by atoms with Crippen LogP contribution in [0.1, 0.15) is 38.5 Å². The predicted molar refractivity (Wildman–Crippen MR) is 104 cm³/mol. The number of fused-ring (bicyclic) bond motifs is 1. The van der Waals surface area contributed by atoms with Gasteiger partial charge in [-0.1, -0.05) is 12.8 Å². The molecule has 1 N–H and O–H groups in total. The summed E-state index contributed by atoms with van der Waals surface area (Å²) in [6.45, 7) is 3.82. The highest BCUT2D eigenvalue weighted by molar-refractivity contribution is 5.87. The number of hydrogen-bond acceptors (Lipinski definition) is 6. The van der Waals surface area contributed by atoms with Gasteiger partial charge in [-0.2, -0.15) is 0 Å².